The van der Waals surface area contributed by atoms with Crippen molar-refractivity contribution >= 4 is 29.2 Å². The monoisotopic (exact) mass is 482 g/mol. The molecule has 0 bridgehead atoms. The summed E-state index contributed by atoms with van der Waals surface area (Å²) >= 11 is 1.48. The van der Waals surface area contributed by atoms with Crippen LogP contribution in [-0.2, 0) is 19.1 Å². The fourth-order valence-electron chi connectivity index (χ4n) is 3.83. The van der Waals surface area contributed by atoms with E-state index in [9.17, 15) is 14.4 Å². The van der Waals surface area contributed by atoms with E-state index in [1.165, 1.54) is 18.3 Å². The van der Waals surface area contributed by atoms with E-state index < -0.39 is 12.1 Å². The molecule has 9 nitrogen and oxygen atoms in total. The number of piperidine rings is 1. The van der Waals surface area contributed by atoms with Crippen molar-refractivity contribution in [1.29, 1.82) is 0 Å². The molecule has 4 rings (SSSR count). The molecule has 0 spiro atoms. The van der Waals surface area contributed by atoms with E-state index in [0.29, 0.717) is 38.4 Å². The third-order valence-corrected chi connectivity index (χ3v) is 6.46. The summed E-state index contributed by atoms with van der Waals surface area (Å²) in [4.78, 5) is 44.5. The number of carbonyl (C=O) groups is 3. The molecule has 0 aliphatic carbocycles. The number of likely N-dealkylation sites (tertiary alicyclic amines) is 1. The van der Waals surface area contributed by atoms with Gasteiger partial charge in [0, 0.05) is 13.1 Å². The van der Waals surface area contributed by atoms with E-state index in [1.807, 2.05) is 47.8 Å². The summed E-state index contributed by atoms with van der Waals surface area (Å²) in [6, 6.07) is 13.2. The van der Waals surface area contributed by atoms with Crippen LogP contribution in [0.25, 0.3) is 16.4 Å². The van der Waals surface area contributed by atoms with Gasteiger partial charge in [-0.05, 0) is 50.3 Å². The Kier molecular flexibility index (Phi) is 7.36. The highest BCUT2D eigenvalue weighted by Gasteiger charge is 2.32. The minimum absolute atomic E-state index is 0.118. The highest BCUT2D eigenvalue weighted by Crippen LogP contribution is 2.26. The van der Waals surface area contributed by atoms with Crippen molar-refractivity contribution in [3.63, 3.8) is 0 Å². The third-order valence-electron chi connectivity index (χ3n) is 5.59. The van der Waals surface area contributed by atoms with Crippen LogP contribution in [0.4, 0.5) is 0 Å². The summed E-state index contributed by atoms with van der Waals surface area (Å²) < 4.78 is 12.1. The number of benzene rings is 1. The maximum absolute atomic E-state index is 12.8. The second kappa shape index (κ2) is 10.6. The minimum atomic E-state index is -1.000. The van der Waals surface area contributed by atoms with Crippen molar-refractivity contribution in [2.24, 2.45) is 5.92 Å². The molecule has 1 aliphatic rings. The summed E-state index contributed by atoms with van der Waals surface area (Å²) in [6.45, 7) is 4.47. The van der Waals surface area contributed by atoms with Gasteiger partial charge in [0.25, 0.3) is 11.7 Å². The molecule has 1 amide bonds. The molecule has 2 aromatic heterocycles. The average Bonchev–Trinajstić information content (AvgIpc) is 3.54. The van der Waals surface area contributed by atoms with Crippen molar-refractivity contribution in [2.75, 3.05) is 19.7 Å². The predicted molar refractivity (Wildman–Crippen MR) is 125 cm³/mol. The first-order valence-electron chi connectivity index (χ1n) is 11.2. The van der Waals surface area contributed by atoms with Gasteiger partial charge in [-0.15, -0.1) is 16.4 Å². The molecule has 1 unspecified atom stereocenters. The van der Waals surface area contributed by atoms with Crippen LogP contribution in [0.5, 0.6) is 0 Å². The zero-order chi connectivity index (χ0) is 24.1. The van der Waals surface area contributed by atoms with Gasteiger partial charge in [-0.3, -0.25) is 9.59 Å². The van der Waals surface area contributed by atoms with Crippen LogP contribution in [0, 0.1) is 5.92 Å². The van der Waals surface area contributed by atoms with Crippen LogP contribution in [0.2, 0.25) is 0 Å². The van der Waals surface area contributed by atoms with E-state index in [0.717, 1.165) is 10.6 Å². The minimum Gasteiger partial charge on any atom is -0.466 e. The van der Waals surface area contributed by atoms with Gasteiger partial charge < -0.3 is 14.4 Å². The fraction of sp³-hybridized carbons (Fsp3) is 0.375. The van der Waals surface area contributed by atoms with Crippen LogP contribution in [-0.4, -0.2) is 63.3 Å². The number of esters is 2. The Hall–Kier alpha value is -3.53. The van der Waals surface area contributed by atoms with Crippen LogP contribution in [0.3, 0.4) is 0 Å². The molecule has 178 valence electrons. The van der Waals surface area contributed by atoms with E-state index >= 15 is 0 Å². The summed E-state index contributed by atoms with van der Waals surface area (Å²) in [5, 5.41) is 6.29. The number of nitrogens with zero attached hydrogens (tertiary/aromatic N) is 4. The SMILES string of the molecule is CCOC(=O)C1CCN(C(=O)C(C)OC(=O)c2nc(-c3cccs3)n(-c3ccccc3)n2)CC1. The molecule has 1 aromatic carbocycles. The maximum Gasteiger partial charge on any atom is 0.379 e. The second-order valence-electron chi connectivity index (χ2n) is 7.88. The molecule has 10 heteroatoms. The Morgan fingerprint density at radius 3 is 2.50 bits per heavy atom. The average molecular weight is 483 g/mol. The third kappa shape index (κ3) is 5.17. The van der Waals surface area contributed by atoms with Crippen molar-refractivity contribution in [2.45, 2.75) is 32.8 Å². The highest BCUT2D eigenvalue weighted by molar-refractivity contribution is 7.13. The van der Waals surface area contributed by atoms with Crippen LogP contribution in [0.15, 0.2) is 47.8 Å². The van der Waals surface area contributed by atoms with Gasteiger partial charge in [0.15, 0.2) is 11.9 Å². The predicted octanol–water partition coefficient (Wildman–Crippen LogP) is 3.34. The topological polar surface area (TPSA) is 104 Å². The molecule has 34 heavy (non-hydrogen) atoms. The first-order valence-corrected chi connectivity index (χ1v) is 12.1. The quantitative estimate of drug-likeness (QED) is 0.476. The second-order valence-corrected chi connectivity index (χ2v) is 8.83. The van der Waals surface area contributed by atoms with Gasteiger partial charge >= 0.3 is 11.9 Å². The van der Waals surface area contributed by atoms with Gasteiger partial charge in [-0.2, -0.15) is 4.98 Å². The van der Waals surface area contributed by atoms with Gasteiger partial charge in [-0.25, -0.2) is 9.48 Å². The molecular weight excluding hydrogens is 456 g/mol. The van der Waals surface area contributed by atoms with Crippen LogP contribution < -0.4 is 0 Å². The van der Waals surface area contributed by atoms with E-state index in [2.05, 4.69) is 10.1 Å². The largest absolute Gasteiger partial charge is 0.466 e. The van der Waals surface area contributed by atoms with Crippen LogP contribution in [0.1, 0.15) is 37.3 Å². The Bertz CT molecular complexity index is 1140. The van der Waals surface area contributed by atoms with E-state index in [4.69, 9.17) is 9.47 Å². The molecular formula is C24H26N4O5S. The molecule has 1 saturated heterocycles. The Balaban J connectivity index is 1.43. The lowest BCUT2D eigenvalue weighted by Gasteiger charge is -2.32. The molecule has 1 aliphatic heterocycles. The fourth-order valence-corrected chi connectivity index (χ4v) is 4.53. The summed E-state index contributed by atoms with van der Waals surface area (Å²) in [5.74, 6) is -1.10. The number of carbonyl (C=O) groups excluding carboxylic acids is 3. The Labute approximate surface area is 201 Å². The molecule has 3 aromatic rings. The molecule has 0 N–H and O–H groups in total. The number of hydrogen-bond donors (Lipinski definition) is 0. The summed E-state index contributed by atoms with van der Waals surface area (Å²) in [5.41, 5.74) is 0.756. The van der Waals surface area contributed by atoms with Crippen molar-refractivity contribution in [1.82, 2.24) is 19.7 Å². The highest BCUT2D eigenvalue weighted by atomic mass is 32.1. The van der Waals surface area contributed by atoms with Gasteiger partial charge in [0.1, 0.15) is 0 Å². The molecule has 0 saturated carbocycles. The van der Waals surface area contributed by atoms with E-state index in [1.54, 1.807) is 16.5 Å². The number of hydrogen-bond acceptors (Lipinski definition) is 8. The zero-order valence-electron chi connectivity index (χ0n) is 19.0. The number of ether oxygens (including phenoxy) is 2. The first-order chi connectivity index (χ1) is 16.5. The number of aromatic nitrogens is 3. The summed E-state index contributed by atoms with van der Waals surface area (Å²) in [6.07, 6.45) is 0.0530. The lowest BCUT2D eigenvalue weighted by atomic mass is 9.97. The standard InChI is InChI=1S/C24H26N4O5S/c1-3-32-23(30)17-11-13-27(14-12-17)22(29)16(2)33-24(31)20-25-21(19-10-7-15-34-19)28(26-20)18-8-5-4-6-9-18/h4-10,15-17H,3,11-14H2,1-2H3. The molecule has 3 heterocycles. The molecule has 1 fully saturated rings. The van der Waals surface area contributed by atoms with Crippen molar-refractivity contribution < 1.29 is 23.9 Å². The Morgan fingerprint density at radius 2 is 1.85 bits per heavy atom. The lowest BCUT2D eigenvalue weighted by molar-refractivity contribution is -0.152. The lowest BCUT2D eigenvalue weighted by Crippen LogP contribution is -2.45. The molecule has 0 radical (unpaired) electrons. The van der Waals surface area contributed by atoms with E-state index in [-0.39, 0.29) is 23.6 Å². The van der Waals surface area contributed by atoms with Gasteiger partial charge in [0.2, 0.25) is 0 Å². The first kappa shape index (κ1) is 23.6. The van der Waals surface area contributed by atoms with Gasteiger partial charge in [0.05, 0.1) is 23.1 Å². The summed E-state index contributed by atoms with van der Waals surface area (Å²) in [7, 11) is 0. The Morgan fingerprint density at radius 1 is 1.12 bits per heavy atom. The van der Waals surface area contributed by atoms with Crippen molar-refractivity contribution in [3.05, 3.63) is 53.7 Å². The normalized spacial score (nSPS) is 15.1. The van der Waals surface area contributed by atoms with Crippen molar-refractivity contribution in [3.8, 4) is 16.4 Å². The zero-order valence-corrected chi connectivity index (χ0v) is 19.9. The number of rotatable bonds is 7. The smallest absolute Gasteiger partial charge is 0.379 e. The van der Waals surface area contributed by atoms with Crippen LogP contribution >= 0.6 is 11.3 Å². The maximum atomic E-state index is 12.8. The number of para-hydroxylation sites is 1. The number of thiophene rings is 1. The molecule has 1 atom stereocenters. The van der Waals surface area contributed by atoms with Gasteiger partial charge in [-0.1, -0.05) is 24.3 Å². The number of amides is 1.